The molecule has 0 heterocycles. The molecular formula is C18H17NO. The lowest BCUT2D eigenvalue weighted by Gasteiger charge is -2.17. The number of hydrogen-bond donors (Lipinski definition) is 2. The van der Waals surface area contributed by atoms with Crippen molar-refractivity contribution in [2.75, 3.05) is 5.73 Å². The van der Waals surface area contributed by atoms with Crippen molar-refractivity contribution in [1.29, 1.82) is 0 Å². The van der Waals surface area contributed by atoms with Gasteiger partial charge in [0, 0.05) is 5.69 Å². The zero-order valence-electron chi connectivity index (χ0n) is 11.4. The van der Waals surface area contributed by atoms with Gasteiger partial charge in [-0.05, 0) is 46.5 Å². The molecule has 0 spiro atoms. The Balaban J connectivity index is 2.18. The predicted molar refractivity (Wildman–Crippen MR) is 83.6 cm³/mol. The van der Waals surface area contributed by atoms with Crippen LogP contribution in [0, 0.1) is 6.92 Å². The second kappa shape index (κ2) is 4.99. The predicted octanol–water partition coefficient (Wildman–Crippen LogP) is 3.81. The van der Waals surface area contributed by atoms with E-state index >= 15 is 0 Å². The van der Waals surface area contributed by atoms with Crippen LogP contribution >= 0.6 is 0 Å². The van der Waals surface area contributed by atoms with Gasteiger partial charge in [-0.3, -0.25) is 0 Å². The number of hydrogen-bond acceptors (Lipinski definition) is 2. The number of aliphatic hydroxyl groups excluding tert-OH is 1. The minimum absolute atomic E-state index is 0.637. The molecule has 0 aromatic heterocycles. The minimum Gasteiger partial charge on any atom is -0.399 e. The first-order valence-electron chi connectivity index (χ1n) is 6.68. The average molecular weight is 263 g/mol. The third-order valence-corrected chi connectivity index (χ3v) is 3.71. The molecule has 0 aliphatic rings. The van der Waals surface area contributed by atoms with Gasteiger partial charge in [0.1, 0.15) is 6.10 Å². The molecule has 1 unspecified atom stereocenters. The van der Waals surface area contributed by atoms with Crippen molar-refractivity contribution >= 4 is 16.5 Å². The Morgan fingerprint density at radius 3 is 2.35 bits per heavy atom. The molecule has 2 nitrogen and oxygen atoms in total. The molecule has 3 aromatic carbocycles. The van der Waals surface area contributed by atoms with Crippen LogP contribution in [-0.2, 0) is 0 Å². The Morgan fingerprint density at radius 1 is 0.900 bits per heavy atom. The Hall–Kier alpha value is -2.32. The van der Waals surface area contributed by atoms with Crippen molar-refractivity contribution < 1.29 is 5.11 Å². The quantitative estimate of drug-likeness (QED) is 0.691. The molecule has 3 rings (SSSR count). The fourth-order valence-corrected chi connectivity index (χ4v) is 2.61. The lowest BCUT2D eigenvalue weighted by Crippen LogP contribution is -2.03. The van der Waals surface area contributed by atoms with Crippen molar-refractivity contribution in [2.24, 2.45) is 0 Å². The van der Waals surface area contributed by atoms with Gasteiger partial charge in [0.25, 0.3) is 0 Å². The second-order valence-electron chi connectivity index (χ2n) is 5.09. The normalized spacial score (nSPS) is 12.5. The van der Waals surface area contributed by atoms with Crippen molar-refractivity contribution in [3.63, 3.8) is 0 Å². The zero-order chi connectivity index (χ0) is 14.1. The zero-order valence-corrected chi connectivity index (χ0v) is 11.4. The van der Waals surface area contributed by atoms with E-state index in [0.29, 0.717) is 5.69 Å². The Bertz CT molecular complexity index is 747. The monoisotopic (exact) mass is 263 g/mol. The van der Waals surface area contributed by atoms with E-state index < -0.39 is 6.10 Å². The van der Waals surface area contributed by atoms with Crippen LogP contribution in [0.4, 0.5) is 5.69 Å². The maximum absolute atomic E-state index is 10.7. The van der Waals surface area contributed by atoms with Gasteiger partial charge >= 0.3 is 0 Å². The highest BCUT2D eigenvalue weighted by molar-refractivity contribution is 5.87. The third-order valence-electron chi connectivity index (χ3n) is 3.71. The number of aliphatic hydroxyl groups is 1. The SMILES string of the molecule is Cc1ccc2ccccc2c1C(O)c1ccc(N)cc1. The van der Waals surface area contributed by atoms with Crippen LogP contribution in [0.25, 0.3) is 10.8 Å². The van der Waals surface area contributed by atoms with Crippen LogP contribution < -0.4 is 5.73 Å². The summed E-state index contributed by atoms with van der Waals surface area (Å²) in [5, 5.41) is 13.0. The highest BCUT2D eigenvalue weighted by Crippen LogP contribution is 2.31. The number of anilines is 1. The first-order valence-corrected chi connectivity index (χ1v) is 6.68. The summed E-state index contributed by atoms with van der Waals surface area (Å²) >= 11 is 0. The fourth-order valence-electron chi connectivity index (χ4n) is 2.61. The van der Waals surface area contributed by atoms with E-state index in [9.17, 15) is 5.11 Å². The number of nitrogen functional groups attached to an aromatic ring is 1. The number of aryl methyl sites for hydroxylation is 1. The van der Waals surface area contributed by atoms with Gasteiger partial charge in [0.05, 0.1) is 0 Å². The summed E-state index contributed by atoms with van der Waals surface area (Å²) in [6.07, 6.45) is -0.637. The number of benzene rings is 3. The average Bonchev–Trinajstić information content (AvgIpc) is 2.47. The summed E-state index contributed by atoms with van der Waals surface area (Å²) in [6.45, 7) is 2.03. The van der Waals surface area contributed by atoms with Crippen LogP contribution in [0.2, 0.25) is 0 Å². The van der Waals surface area contributed by atoms with Crippen molar-refractivity contribution in [3.05, 3.63) is 77.4 Å². The van der Waals surface area contributed by atoms with E-state index in [4.69, 9.17) is 5.73 Å². The molecule has 100 valence electrons. The number of rotatable bonds is 2. The van der Waals surface area contributed by atoms with Gasteiger partial charge in [0.15, 0.2) is 0 Å². The summed E-state index contributed by atoms with van der Waals surface area (Å²) < 4.78 is 0. The molecule has 3 aromatic rings. The van der Waals surface area contributed by atoms with Crippen LogP contribution in [-0.4, -0.2) is 5.11 Å². The fraction of sp³-hybridized carbons (Fsp3) is 0.111. The Morgan fingerprint density at radius 2 is 1.60 bits per heavy atom. The van der Waals surface area contributed by atoms with E-state index in [-0.39, 0.29) is 0 Å². The maximum Gasteiger partial charge on any atom is 0.105 e. The van der Waals surface area contributed by atoms with Crippen LogP contribution in [0.15, 0.2) is 60.7 Å². The molecule has 0 aliphatic carbocycles. The van der Waals surface area contributed by atoms with E-state index in [0.717, 1.165) is 27.5 Å². The summed E-state index contributed by atoms with van der Waals surface area (Å²) in [4.78, 5) is 0. The number of fused-ring (bicyclic) bond motifs is 1. The first kappa shape index (κ1) is 12.7. The van der Waals surface area contributed by atoms with E-state index in [1.165, 1.54) is 0 Å². The smallest absolute Gasteiger partial charge is 0.105 e. The first-order chi connectivity index (χ1) is 9.66. The van der Waals surface area contributed by atoms with Gasteiger partial charge in [-0.25, -0.2) is 0 Å². The number of nitrogens with two attached hydrogens (primary N) is 1. The molecule has 20 heavy (non-hydrogen) atoms. The van der Waals surface area contributed by atoms with Crippen molar-refractivity contribution in [3.8, 4) is 0 Å². The Labute approximate surface area is 118 Å². The molecule has 0 fully saturated rings. The molecule has 0 amide bonds. The molecule has 0 aliphatic heterocycles. The van der Waals surface area contributed by atoms with E-state index in [2.05, 4.69) is 24.3 Å². The summed E-state index contributed by atoms with van der Waals surface area (Å²) in [6, 6.07) is 19.7. The highest BCUT2D eigenvalue weighted by Gasteiger charge is 2.15. The van der Waals surface area contributed by atoms with Crippen LogP contribution in [0.1, 0.15) is 22.8 Å². The molecule has 1 atom stereocenters. The maximum atomic E-state index is 10.7. The lowest BCUT2D eigenvalue weighted by molar-refractivity contribution is 0.221. The van der Waals surface area contributed by atoms with Crippen LogP contribution in [0.5, 0.6) is 0 Å². The topological polar surface area (TPSA) is 46.2 Å². The highest BCUT2D eigenvalue weighted by atomic mass is 16.3. The van der Waals surface area contributed by atoms with Gasteiger partial charge < -0.3 is 10.8 Å². The third kappa shape index (κ3) is 2.15. The van der Waals surface area contributed by atoms with Gasteiger partial charge in [-0.1, -0.05) is 48.5 Å². The molecule has 2 heteroatoms. The van der Waals surface area contributed by atoms with Gasteiger partial charge in [0.2, 0.25) is 0 Å². The molecular weight excluding hydrogens is 246 g/mol. The minimum atomic E-state index is -0.637. The Kier molecular flexibility index (Phi) is 3.17. The van der Waals surface area contributed by atoms with Gasteiger partial charge in [-0.2, -0.15) is 0 Å². The molecule has 0 saturated heterocycles. The van der Waals surface area contributed by atoms with Crippen molar-refractivity contribution in [1.82, 2.24) is 0 Å². The summed E-state index contributed by atoms with van der Waals surface area (Å²) in [5.74, 6) is 0. The van der Waals surface area contributed by atoms with Crippen molar-refractivity contribution in [2.45, 2.75) is 13.0 Å². The van der Waals surface area contributed by atoms with Gasteiger partial charge in [-0.15, -0.1) is 0 Å². The van der Waals surface area contributed by atoms with E-state index in [1.807, 2.05) is 43.3 Å². The molecule has 0 saturated carbocycles. The summed E-state index contributed by atoms with van der Waals surface area (Å²) in [5.41, 5.74) is 9.32. The largest absolute Gasteiger partial charge is 0.399 e. The lowest BCUT2D eigenvalue weighted by atomic mass is 9.92. The standard InChI is InChI=1S/C18H17NO/c1-12-6-7-13-4-2-3-5-16(13)17(12)18(20)14-8-10-15(19)11-9-14/h2-11,18,20H,19H2,1H3. The molecule has 3 N–H and O–H groups in total. The van der Waals surface area contributed by atoms with E-state index in [1.54, 1.807) is 0 Å². The second-order valence-corrected chi connectivity index (χ2v) is 5.09. The molecule has 0 bridgehead atoms. The summed E-state index contributed by atoms with van der Waals surface area (Å²) in [7, 11) is 0. The molecule has 0 radical (unpaired) electrons. The van der Waals surface area contributed by atoms with Crippen LogP contribution in [0.3, 0.4) is 0 Å².